The molecule has 1 aliphatic carbocycles. The molecule has 5 heteroatoms. The molecule has 14 heavy (non-hydrogen) atoms. The first-order chi connectivity index (χ1) is 6.74. The highest BCUT2D eigenvalue weighted by molar-refractivity contribution is 5.93. The third-order valence-electron chi connectivity index (χ3n) is 2.60. The van der Waals surface area contributed by atoms with E-state index in [4.69, 9.17) is 0 Å². The third kappa shape index (κ3) is 1.25. The number of hydrogen-bond acceptors (Lipinski definition) is 3. The first-order valence-corrected chi connectivity index (χ1v) is 4.76. The molecule has 76 valence electrons. The van der Waals surface area contributed by atoms with Gasteiger partial charge in [0.25, 0.3) is 5.91 Å². The highest BCUT2D eigenvalue weighted by Gasteiger charge is 2.24. The fourth-order valence-corrected chi connectivity index (χ4v) is 1.88. The number of nitrogens with zero attached hydrogens (tertiary/aromatic N) is 2. The average Bonchev–Trinajstić information content (AvgIpc) is 2.56. The average molecular weight is 195 g/mol. The highest BCUT2D eigenvalue weighted by Crippen LogP contribution is 2.23. The van der Waals surface area contributed by atoms with Crippen LogP contribution in [0, 0.1) is 0 Å². The van der Waals surface area contributed by atoms with Crippen molar-refractivity contribution < 1.29 is 10.0 Å². The van der Waals surface area contributed by atoms with Crippen molar-refractivity contribution in [1.82, 2.24) is 15.3 Å². The molecule has 0 radical (unpaired) electrons. The van der Waals surface area contributed by atoms with Crippen LogP contribution in [-0.2, 0) is 12.8 Å². The van der Waals surface area contributed by atoms with Gasteiger partial charge < -0.3 is 10.5 Å². The molecule has 1 aromatic heterocycles. The van der Waals surface area contributed by atoms with Crippen LogP contribution in [-0.4, -0.2) is 28.1 Å². The standard InChI is InChI=1S/C9H13N3O2/c1-10-9(13)8-6-4-2-3-5-7(6)12(14)11-8/h14H,2-5H2,1H3,(H,10,13). The van der Waals surface area contributed by atoms with Crippen molar-refractivity contribution in [1.29, 1.82) is 0 Å². The van der Waals surface area contributed by atoms with Gasteiger partial charge >= 0.3 is 0 Å². The van der Waals surface area contributed by atoms with Crippen LogP contribution < -0.4 is 5.32 Å². The van der Waals surface area contributed by atoms with Crippen molar-refractivity contribution in [2.45, 2.75) is 25.7 Å². The Balaban J connectivity index is 2.46. The van der Waals surface area contributed by atoms with Gasteiger partial charge in [0.2, 0.25) is 0 Å². The zero-order chi connectivity index (χ0) is 10.1. The van der Waals surface area contributed by atoms with Crippen LogP contribution in [0.5, 0.6) is 0 Å². The van der Waals surface area contributed by atoms with Crippen LogP contribution in [0.1, 0.15) is 34.6 Å². The fraction of sp³-hybridized carbons (Fsp3) is 0.556. The molecule has 1 heterocycles. The molecule has 0 atom stereocenters. The lowest BCUT2D eigenvalue weighted by molar-refractivity contribution is 0.0942. The minimum atomic E-state index is -0.226. The molecule has 5 nitrogen and oxygen atoms in total. The molecule has 0 aliphatic heterocycles. The molecule has 1 aromatic rings. The number of hydrogen-bond donors (Lipinski definition) is 2. The van der Waals surface area contributed by atoms with Gasteiger partial charge in [0.15, 0.2) is 5.69 Å². The molecule has 0 saturated carbocycles. The Hall–Kier alpha value is -1.52. The zero-order valence-corrected chi connectivity index (χ0v) is 8.08. The van der Waals surface area contributed by atoms with E-state index in [0.717, 1.165) is 41.8 Å². The molecule has 2 rings (SSSR count). The van der Waals surface area contributed by atoms with Gasteiger partial charge in [-0.2, -0.15) is 0 Å². The first-order valence-electron chi connectivity index (χ1n) is 4.76. The summed E-state index contributed by atoms with van der Waals surface area (Å²) >= 11 is 0. The second-order valence-corrected chi connectivity index (χ2v) is 3.45. The largest absolute Gasteiger partial charge is 0.411 e. The summed E-state index contributed by atoms with van der Waals surface area (Å²) in [6.45, 7) is 0. The molecule has 2 N–H and O–H groups in total. The lowest BCUT2D eigenvalue weighted by Crippen LogP contribution is -2.20. The number of nitrogens with one attached hydrogen (secondary N) is 1. The smallest absolute Gasteiger partial charge is 0.271 e. The van der Waals surface area contributed by atoms with Gasteiger partial charge in [0.1, 0.15) is 0 Å². The number of fused-ring (bicyclic) bond motifs is 1. The molecule has 0 bridgehead atoms. The van der Waals surface area contributed by atoms with E-state index < -0.39 is 0 Å². The quantitative estimate of drug-likeness (QED) is 0.636. The van der Waals surface area contributed by atoms with Crippen LogP contribution in [0.2, 0.25) is 0 Å². The van der Waals surface area contributed by atoms with E-state index in [9.17, 15) is 10.0 Å². The Labute approximate surface area is 81.7 Å². The van der Waals surface area contributed by atoms with Crippen LogP contribution in [0.15, 0.2) is 0 Å². The van der Waals surface area contributed by atoms with Crippen molar-refractivity contribution in [3.8, 4) is 0 Å². The molecule has 0 aromatic carbocycles. The van der Waals surface area contributed by atoms with Crippen molar-refractivity contribution in [3.05, 3.63) is 17.0 Å². The lowest BCUT2D eigenvalue weighted by Gasteiger charge is -2.10. The summed E-state index contributed by atoms with van der Waals surface area (Å²) in [7, 11) is 1.56. The van der Waals surface area contributed by atoms with Gasteiger partial charge in [-0.05, 0) is 25.7 Å². The maximum absolute atomic E-state index is 11.4. The van der Waals surface area contributed by atoms with Gasteiger partial charge in [-0.1, -0.05) is 0 Å². The molecule has 0 unspecified atom stereocenters. The number of aromatic nitrogens is 2. The Morgan fingerprint density at radius 1 is 1.50 bits per heavy atom. The van der Waals surface area contributed by atoms with Gasteiger partial charge in [-0.15, -0.1) is 9.94 Å². The second-order valence-electron chi connectivity index (χ2n) is 3.45. The predicted molar refractivity (Wildman–Crippen MR) is 49.4 cm³/mol. The van der Waals surface area contributed by atoms with Crippen LogP contribution >= 0.6 is 0 Å². The lowest BCUT2D eigenvalue weighted by atomic mass is 9.96. The maximum atomic E-state index is 11.4. The van der Waals surface area contributed by atoms with Gasteiger partial charge in [-0.25, -0.2) is 0 Å². The second kappa shape index (κ2) is 3.32. The molecule has 0 spiro atoms. The number of rotatable bonds is 1. The van der Waals surface area contributed by atoms with E-state index in [0.29, 0.717) is 5.69 Å². The molecule has 1 amide bonds. The number of amides is 1. The van der Waals surface area contributed by atoms with E-state index in [1.165, 1.54) is 0 Å². The van der Waals surface area contributed by atoms with E-state index in [2.05, 4.69) is 10.4 Å². The van der Waals surface area contributed by atoms with Gasteiger partial charge in [0.05, 0.1) is 5.69 Å². The third-order valence-corrected chi connectivity index (χ3v) is 2.60. The predicted octanol–water partition coefficient (Wildman–Crippen LogP) is 0.359. The van der Waals surface area contributed by atoms with Crippen LogP contribution in [0.4, 0.5) is 0 Å². The Morgan fingerprint density at radius 2 is 2.21 bits per heavy atom. The monoisotopic (exact) mass is 195 g/mol. The number of carbonyl (C=O) groups excluding carboxylic acids is 1. The Kier molecular flexibility index (Phi) is 2.15. The molecule has 0 saturated heterocycles. The van der Waals surface area contributed by atoms with E-state index in [1.807, 2.05) is 0 Å². The summed E-state index contributed by atoms with van der Waals surface area (Å²) in [4.78, 5) is 12.2. The normalized spacial score (nSPS) is 14.9. The maximum Gasteiger partial charge on any atom is 0.271 e. The number of carbonyl (C=O) groups is 1. The highest BCUT2D eigenvalue weighted by atomic mass is 16.5. The first kappa shape index (κ1) is 9.05. The molecule has 0 fully saturated rings. The van der Waals surface area contributed by atoms with Crippen molar-refractivity contribution >= 4 is 5.91 Å². The van der Waals surface area contributed by atoms with Gasteiger partial charge in [-0.3, -0.25) is 4.79 Å². The van der Waals surface area contributed by atoms with Crippen molar-refractivity contribution in [2.24, 2.45) is 0 Å². The van der Waals surface area contributed by atoms with E-state index in [-0.39, 0.29) is 5.91 Å². The Morgan fingerprint density at radius 3 is 2.93 bits per heavy atom. The fourth-order valence-electron chi connectivity index (χ4n) is 1.88. The SMILES string of the molecule is CNC(=O)c1nn(O)c2c1CCCC2. The topological polar surface area (TPSA) is 67.2 Å². The van der Waals surface area contributed by atoms with Gasteiger partial charge in [0, 0.05) is 12.6 Å². The summed E-state index contributed by atoms with van der Waals surface area (Å²) in [5, 5.41) is 15.8. The summed E-state index contributed by atoms with van der Waals surface area (Å²) < 4.78 is 0. The minimum Gasteiger partial charge on any atom is -0.411 e. The summed E-state index contributed by atoms with van der Waals surface area (Å²) in [5.41, 5.74) is 2.05. The Bertz CT molecular complexity index is 370. The van der Waals surface area contributed by atoms with E-state index in [1.54, 1.807) is 7.05 Å². The molecular formula is C9H13N3O2. The van der Waals surface area contributed by atoms with Crippen molar-refractivity contribution in [3.63, 3.8) is 0 Å². The molecular weight excluding hydrogens is 182 g/mol. The van der Waals surface area contributed by atoms with Crippen LogP contribution in [0.3, 0.4) is 0 Å². The summed E-state index contributed by atoms with van der Waals surface area (Å²) in [6.07, 6.45) is 3.74. The molecule has 1 aliphatic rings. The zero-order valence-electron chi connectivity index (χ0n) is 8.08. The summed E-state index contributed by atoms with van der Waals surface area (Å²) in [6, 6.07) is 0. The van der Waals surface area contributed by atoms with Crippen LogP contribution in [0.25, 0.3) is 0 Å². The summed E-state index contributed by atoms with van der Waals surface area (Å²) in [5.74, 6) is -0.226. The van der Waals surface area contributed by atoms with E-state index >= 15 is 0 Å². The minimum absolute atomic E-state index is 0.226. The van der Waals surface area contributed by atoms with Crippen molar-refractivity contribution in [2.75, 3.05) is 7.05 Å².